The summed E-state index contributed by atoms with van der Waals surface area (Å²) >= 11 is 0. The number of hydrogen-bond donors (Lipinski definition) is 3. The van der Waals surface area contributed by atoms with Crippen molar-refractivity contribution in [3.8, 4) is 11.5 Å². The number of rotatable bonds is 5. The lowest BCUT2D eigenvalue weighted by Crippen LogP contribution is -2.27. The molecule has 0 heterocycles. The van der Waals surface area contributed by atoms with Crippen LogP contribution in [0.2, 0.25) is 0 Å². The van der Waals surface area contributed by atoms with E-state index < -0.39 is 10.8 Å². The second-order valence-electron chi connectivity index (χ2n) is 3.39. The fourth-order valence-corrected chi connectivity index (χ4v) is 1.81. The predicted molar refractivity (Wildman–Crippen MR) is 65.7 cm³/mol. The van der Waals surface area contributed by atoms with Gasteiger partial charge in [-0.25, -0.2) is 0 Å². The third kappa shape index (κ3) is 4.07. The topological polar surface area (TPSA) is 86.6 Å². The van der Waals surface area contributed by atoms with Gasteiger partial charge >= 0.3 is 0 Å². The highest BCUT2D eigenvalue weighted by Crippen LogP contribution is 2.24. The fraction of sp³-hybridized carbons (Fsp3) is 0.364. The summed E-state index contributed by atoms with van der Waals surface area (Å²) in [6, 6.07) is 3.83. The standard InChI is InChI=1S/C11H15NO4S/c1-2-17(16)6-5-12-11(15)8-3-4-9(13)10(14)7-8/h3-4,7,13-14H,2,5-6H2,1H3,(H,12,15). The van der Waals surface area contributed by atoms with Crippen LogP contribution in [0.3, 0.4) is 0 Å². The lowest BCUT2D eigenvalue weighted by atomic mass is 10.2. The van der Waals surface area contributed by atoms with Crippen LogP contribution in [0.1, 0.15) is 17.3 Å². The van der Waals surface area contributed by atoms with Crippen LogP contribution < -0.4 is 5.32 Å². The number of aromatic hydroxyl groups is 2. The van der Waals surface area contributed by atoms with Gasteiger partial charge in [-0.05, 0) is 18.2 Å². The molecular formula is C11H15NO4S. The first kappa shape index (κ1) is 13.5. The average molecular weight is 257 g/mol. The Hall–Kier alpha value is -1.56. The molecule has 1 amide bonds. The van der Waals surface area contributed by atoms with Gasteiger partial charge in [0.2, 0.25) is 0 Å². The lowest BCUT2D eigenvalue weighted by molar-refractivity contribution is 0.0955. The third-order valence-electron chi connectivity index (χ3n) is 2.17. The second kappa shape index (κ2) is 6.24. The zero-order valence-corrected chi connectivity index (χ0v) is 10.3. The van der Waals surface area contributed by atoms with Crippen molar-refractivity contribution in [3.05, 3.63) is 23.8 Å². The van der Waals surface area contributed by atoms with Gasteiger partial charge in [-0.3, -0.25) is 9.00 Å². The summed E-state index contributed by atoms with van der Waals surface area (Å²) < 4.78 is 11.1. The molecule has 3 N–H and O–H groups in total. The van der Waals surface area contributed by atoms with Gasteiger partial charge < -0.3 is 15.5 Å². The zero-order valence-electron chi connectivity index (χ0n) is 9.47. The van der Waals surface area contributed by atoms with Gasteiger partial charge in [-0.2, -0.15) is 0 Å². The van der Waals surface area contributed by atoms with Crippen LogP contribution in [0, 0.1) is 0 Å². The number of amides is 1. The molecule has 0 saturated carbocycles. The summed E-state index contributed by atoms with van der Waals surface area (Å²) in [5.74, 6) is -0.000784. The Kier molecular flexibility index (Phi) is 4.96. The molecular weight excluding hydrogens is 242 g/mol. The molecule has 0 aliphatic rings. The zero-order chi connectivity index (χ0) is 12.8. The summed E-state index contributed by atoms with van der Waals surface area (Å²) in [6.07, 6.45) is 0. The van der Waals surface area contributed by atoms with Gasteiger partial charge in [0.1, 0.15) is 0 Å². The van der Waals surface area contributed by atoms with E-state index in [0.29, 0.717) is 18.1 Å². The Morgan fingerprint density at radius 3 is 2.65 bits per heavy atom. The molecule has 1 unspecified atom stereocenters. The first-order valence-electron chi connectivity index (χ1n) is 5.19. The third-order valence-corrected chi connectivity index (χ3v) is 3.48. The highest BCUT2D eigenvalue weighted by molar-refractivity contribution is 7.84. The lowest BCUT2D eigenvalue weighted by Gasteiger charge is -2.05. The van der Waals surface area contributed by atoms with E-state index in [1.807, 2.05) is 6.92 Å². The number of carbonyl (C=O) groups is 1. The van der Waals surface area contributed by atoms with E-state index in [2.05, 4.69) is 5.32 Å². The normalized spacial score (nSPS) is 12.1. The van der Waals surface area contributed by atoms with Crippen LogP contribution in [0.15, 0.2) is 18.2 Å². The molecule has 0 spiro atoms. The van der Waals surface area contributed by atoms with Crippen molar-refractivity contribution in [2.24, 2.45) is 0 Å². The Morgan fingerprint density at radius 1 is 1.35 bits per heavy atom. The van der Waals surface area contributed by atoms with E-state index in [1.165, 1.54) is 18.2 Å². The number of hydrogen-bond acceptors (Lipinski definition) is 4. The molecule has 0 bridgehead atoms. The molecule has 5 nitrogen and oxygen atoms in total. The number of carbonyl (C=O) groups excluding carboxylic acids is 1. The largest absolute Gasteiger partial charge is 0.504 e. The second-order valence-corrected chi connectivity index (χ2v) is 5.26. The van der Waals surface area contributed by atoms with Crippen LogP contribution >= 0.6 is 0 Å². The molecule has 1 atom stereocenters. The van der Waals surface area contributed by atoms with E-state index in [9.17, 15) is 14.1 Å². The Labute approximate surface area is 102 Å². The monoisotopic (exact) mass is 257 g/mol. The number of benzene rings is 1. The number of nitrogens with one attached hydrogen (secondary N) is 1. The highest BCUT2D eigenvalue weighted by atomic mass is 32.2. The molecule has 17 heavy (non-hydrogen) atoms. The highest BCUT2D eigenvalue weighted by Gasteiger charge is 2.08. The van der Waals surface area contributed by atoms with E-state index in [0.717, 1.165) is 0 Å². The maximum atomic E-state index is 11.6. The Morgan fingerprint density at radius 2 is 2.06 bits per heavy atom. The molecule has 1 aromatic rings. The molecule has 1 aromatic carbocycles. The Bertz CT molecular complexity index is 433. The summed E-state index contributed by atoms with van der Waals surface area (Å²) in [6.45, 7) is 2.14. The fourth-order valence-electron chi connectivity index (χ4n) is 1.19. The molecule has 1 rings (SSSR count). The molecule has 94 valence electrons. The first-order chi connectivity index (χ1) is 8.04. The van der Waals surface area contributed by atoms with Gasteiger partial charge in [0.15, 0.2) is 11.5 Å². The molecule has 0 saturated heterocycles. The molecule has 0 fully saturated rings. The minimum atomic E-state index is -0.912. The van der Waals surface area contributed by atoms with Crippen molar-refractivity contribution in [2.75, 3.05) is 18.1 Å². The molecule has 6 heteroatoms. The molecule has 0 aliphatic heterocycles. The van der Waals surface area contributed by atoms with Gasteiger partial charge in [0, 0.05) is 34.4 Å². The van der Waals surface area contributed by atoms with Crippen molar-refractivity contribution in [1.29, 1.82) is 0 Å². The average Bonchev–Trinajstić information content (AvgIpc) is 2.32. The quantitative estimate of drug-likeness (QED) is 0.674. The van der Waals surface area contributed by atoms with E-state index in [-0.39, 0.29) is 23.0 Å². The van der Waals surface area contributed by atoms with Crippen LogP contribution in [-0.4, -0.2) is 38.4 Å². The van der Waals surface area contributed by atoms with Gasteiger partial charge in [-0.1, -0.05) is 6.92 Å². The molecule has 0 aliphatic carbocycles. The number of phenols is 2. The van der Waals surface area contributed by atoms with Crippen LogP contribution in [0.25, 0.3) is 0 Å². The predicted octanol–water partition coefficient (Wildman–Crippen LogP) is 0.596. The van der Waals surface area contributed by atoms with Crippen LogP contribution in [0.4, 0.5) is 0 Å². The maximum absolute atomic E-state index is 11.6. The summed E-state index contributed by atoms with van der Waals surface area (Å²) in [4.78, 5) is 11.6. The minimum Gasteiger partial charge on any atom is -0.504 e. The van der Waals surface area contributed by atoms with Crippen LogP contribution in [0.5, 0.6) is 11.5 Å². The van der Waals surface area contributed by atoms with Crippen molar-refractivity contribution in [2.45, 2.75) is 6.92 Å². The summed E-state index contributed by atoms with van der Waals surface area (Å²) in [5.41, 5.74) is 0.252. The molecule has 0 radical (unpaired) electrons. The van der Waals surface area contributed by atoms with Crippen molar-refractivity contribution < 1.29 is 19.2 Å². The van der Waals surface area contributed by atoms with Crippen molar-refractivity contribution >= 4 is 16.7 Å². The SMILES string of the molecule is CCS(=O)CCNC(=O)c1ccc(O)c(O)c1. The van der Waals surface area contributed by atoms with Gasteiger partial charge in [0.25, 0.3) is 5.91 Å². The maximum Gasteiger partial charge on any atom is 0.251 e. The van der Waals surface area contributed by atoms with Crippen LogP contribution in [-0.2, 0) is 10.8 Å². The van der Waals surface area contributed by atoms with Gasteiger partial charge in [0.05, 0.1) is 0 Å². The van der Waals surface area contributed by atoms with Gasteiger partial charge in [-0.15, -0.1) is 0 Å². The molecule has 0 aromatic heterocycles. The summed E-state index contributed by atoms with van der Waals surface area (Å²) in [5, 5.41) is 20.9. The van der Waals surface area contributed by atoms with E-state index >= 15 is 0 Å². The van der Waals surface area contributed by atoms with Crippen molar-refractivity contribution in [3.63, 3.8) is 0 Å². The van der Waals surface area contributed by atoms with Crippen molar-refractivity contribution in [1.82, 2.24) is 5.32 Å². The summed E-state index contributed by atoms with van der Waals surface area (Å²) in [7, 11) is -0.912. The Balaban J connectivity index is 2.52. The first-order valence-corrected chi connectivity index (χ1v) is 6.68. The minimum absolute atomic E-state index is 0.252. The smallest absolute Gasteiger partial charge is 0.251 e. The van der Waals surface area contributed by atoms with E-state index in [1.54, 1.807) is 0 Å². The number of phenolic OH excluding ortho intramolecular Hbond substituents is 2. The van der Waals surface area contributed by atoms with E-state index in [4.69, 9.17) is 5.11 Å².